The van der Waals surface area contributed by atoms with Crippen LogP contribution in [0.25, 0.3) is 5.76 Å². The summed E-state index contributed by atoms with van der Waals surface area (Å²) in [4.78, 5) is 31.6. The van der Waals surface area contributed by atoms with Crippen molar-refractivity contribution < 1.29 is 24.5 Å². The number of ketones is 1. The Morgan fingerprint density at radius 3 is 2.59 bits per heavy atom. The number of aliphatic hydroxyl groups is 1. The van der Waals surface area contributed by atoms with E-state index in [1.54, 1.807) is 62.0 Å². The maximum absolute atomic E-state index is 13.1. The molecule has 0 spiro atoms. The molecule has 0 aliphatic carbocycles. The zero-order chi connectivity index (χ0) is 22.8. The van der Waals surface area contributed by atoms with E-state index in [2.05, 4.69) is 4.98 Å². The molecule has 1 amide bonds. The van der Waals surface area contributed by atoms with Crippen molar-refractivity contribution in [2.24, 2.45) is 0 Å². The van der Waals surface area contributed by atoms with Crippen molar-refractivity contribution >= 4 is 17.4 Å². The van der Waals surface area contributed by atoms with Gasteiger partial charge in [-0.2, -0.15) is 0 Å². The van der Waals surface area contributed by atoms with Gasteiger partial charge in [0.15, 0.2) is 0 Å². The summed E-state index contributed by atoms with van der Waals surface area (Å²) in [7, 11) is 1.55. The lowest BCUT2D eigenvalue weighted by molar-refractivity contribution is -0.140. The van der Waals surface area contributed by atoms with Gasteiger partial charge < -0.3 is 19.8 Å². The standard InChI is InChI=1S/C25H22N2O5/c1-15-11-18(8-9-20(15)32-2)23(29)21-22(17-6-3-7-19(28)12-17)27(25(31)24(21)30)14-16-5-4-10-26-13-16/h3-13,22,28-29H,14H2,1-2H3/b23-21-. The van der Waals surface area contributed by atoms with Crippen LogP contribution in [0.1, 0.15) is 28.3 Å². The lowest BCUT2D eigenvalue weighted by atomic mass is 9.94. The van der Waals surface area contributed by atoms with Crippen LogP contribution in [0.5, 0.6) is 11.5 Å². The SMILES string of the molecule is COc1ccc(/C(O)=C2/C(=O)C(=O)N(Cc3cccnc3)C2c2cccc(O)c2)cc1C. The van der Waals surface area contributed by atoms with Crippen molar-refractivity contribution in [2.75, 3.05) is 7.11 Å². The van der Waals surface area contributed by atoms with Crippen molar-refractivity contribution in [3.05, 3.63) is 94.8 Å². The third-order valence-electron chi connectivity index (χ3n) is 5.47. The average molecular weight is 430 g/mol. The molecule has 7 nitrogen and oxygen atoms in total. The van der Waals surface area contributed by atoms with Gasteiger partial charge in [-0.15, -0.1) is 0 Å². The predicted octanol–water partition coefficient (Wildman–Crippen LogP) is 3.73. The number of rotatable bonds is 5. The molecule has 0 radical (unpaired) electrons. The number of benzene rings is 2. The second-order valence-corrected chi connectivity index (χ2v) is 7.57. The minimum Gasteiger partial charge on any atom is -0.508 e. The number of aromatic nitrogens is 1. The van der Waals surface area contributed by atoms with Gasteiger partial charge in [-0.3, -0.25) is 14.6 Å². The van der Waals surface area contributed by atoms with E-state index in [4.69, 9.17) is 4.74 Å². The van der Waals surface area contributed by atoms with Crippen LogP contribution >= 0.6 is 0 Å². The van der Waals surface area contributed by atoms with Crippen LogP contribution in [-0.2, 0) is 16.1 Å². The van der Waals surface area contributed by atoms with Gasteiger partial charge in [-0.25, -0.2) is 0 Å². The summed E-state index contributed by atoms with van der Waals surface area (Å²) in [6.07, 6.45) is 3.24. The zero-order valence-corrected chi connectivity index (χ0v) is 17.6. The average Bonchev–Trinajstić information content (AvgIpc) is 3.04. The number of aliphatic hydroxyl groups excluding tert-OH is 1. The largest absolute Gasteiger partial charge is 0.508 e. The molecule has 0 saturated carbocycles. The molecule has 3 aromatic rings. The number of amides is 1. The number of hydrogen-bond donors (Lipinski definition) is 2. The smallest absolute Gasteiger partial charge is 0.295 e. The van der Waals surface area contributed by atoms with E-state index in [1.165, 1.54) is 17.0 Å². The summed E-state index contributed by atoms with van der Waals surface area (Å²) >= 11 is 0. The highest BCUT2D eigenvalue weighted by molar-refractivity contribution is 6.46. The fraction of sp³-hybridized carbons (Fsp3) is 0.160. The van der Waals surface area contributed by atoms with Gasteiger partial charge in [-0.1, -0.05) is 18.2 Å². The van der Waals surface area contributed by atoms with Crippen LogP contribution < -0.4 is 4.74 Å². The van der Waals surface area contributed by atoms with Crippen LogP contribution in [0.4, 0.5) is 0 Å². The number of Topliss-reactive ketones (excluding diaryl/α,β-unsaturated/α-hetero) is 1. The van der Waals surface area contributed by atoms with E-state index in [0.717, 1.165) is 11.1 Å². The summed E-state index contributed by atoms with van der Waals surface area (Å²) in [5.41, 5.74) is 2.39. The number of hydrogen-bond acceptors (Lipinski definition) is 6. The van der Waals surface area contributed by atoms with E-state index in [9.17, 15) is 19.8 Å². The number of aromatic hydroxyl groups is 1. The van der Waals surface area contributed by atoms with Gasteiger partial charge in [0.05, 0.1) is 18.7 Å². The molecule has 1 unspecified atom stereocenters. The molecule has 7 heteroatoms. The molecular weight excluding hydrogens is 408 g/mol. The Kier molecular flexibility index (Phi) is 5.64. The van der Waals surface area contributed by atoms with E-state index in [-0.39, 0.29) is 23.6 Å². The number of methoxy groups -OCH3 is 1. The number of phenolic OH excluding ortho intramolecular Hbond substituents is 1. The van der Waals surface area contributed by atoms with E-state index in [1.807, 2.05) is 6.92 Å². The van der Waals surface area contributed by atoms with Gasteiger partial charge in [-0.05, 0) is 60.0 Å². The van der Waals surface area contributed by atoms with Crippen LogP contribution in [0.15, 0.2) is 72.6 Å². The maximum Gasteiger partial charge on any atom is 0.295 e. The molecule has 1 aliphatic heterocycles. The Labute approximate surface area is 185 Å². The number of aryl methyl sites for hydroxylation is 1. The highest BCUT2D eigenvalue weighted by Gasteiger charge is 2.46. The number of ether oxygens (including phenoxy) is 1. The van der Waals surface area contributed by atoms with Gasteiger partial charge >= 0.3 is 0 Å². The Morgan fingerprint density at radius 1 is 1.12 bits per heavy atom. The lowest BCUT2D eigenvalue weighted by Gasteiger charge is -2.25. The number of nitrogens with zero attached hydrogens (tertiary/aromatic N) is 2. The fourth-order valence-electron chi connectivity index (χ4n) is 3.95. The second kappa shape index (κ2) is 8.55. The molecule has 1 fully saturated rings. The van der Waals surface area contributed by atoms with Crippen LogP contribution in [0, 0.1) is 6.92 Å². The molecule has 0 bridgehead atoms. The number of carbonyl (C=O) groups is 2. The van der Waals surface area contributed by atoms with Crippen molar-refractivity contribution in [2.45, 2.75) is 19.5 Å². The van der Waals surface area contributed by atoms with Crippen LogP contribution in [0.3, 0.4) is 0 Å². The van der Waals surface area contributed by atoms with Crippen molar-refractivity contribution in [1.29, 1.82) is 0 Å². The summed E-state index contributed by atoms with van der Waals surface area (Å²) in [5.74, 6) is -1.16. The van der Waals surface area contributed by atoms with Crippen LogP contribution in [-0.4, -0.2) is 38.9 Å². The summed E-state index contributed by atoms with van der Waals surface area (Å²) in [6.45, 7) is 1.94. The quantitative estimate of drug-likeness (QED) is 0.364. The normalized spacial score (nSPS) is 17.6. The highest BCUT2D eigenvalue weighted by Crippen LogP contribution is 2.41. The Morgan fingerprint density at radius 2 is 1.94 bits per heavy atom. The molecule has 1 atom stereocenters. The number of phenols is 1. The first kappa shape index (κ1) is 21.1. The zero-order valence-electron chi connectivity index (χ0n) is 17.6. The van der Waals surface area contributed by atoms with Crippen LogP contribution in [0.2, 0.25) is 0 Å². The number of likely N-dealkylation sites (tertiary alicyclic amines) is 1. The molecule has 2 heterocycles. The summed E-state index contributed by atoms with van der Waals surface area (Å²) in [6, 6.07) is 14.0. The first-order valence-electron chi connectivity index (χ1n) is 10.0. The molecule has 1 saturated heterocycles. The van der Waals surface area contributed by atoms with Gasteiger partial charge in [0.1, 0.15) is 17.3 Å². The van der Waals surface area contributed by atoms with Gasteiger partial charge in [0.25, 0.3) is 11.7 Å². The van der Waals surface area contributed by atoms with Crippen molar-refractivity contribution in [3.63, 3.8) is 0 Å². The minimum atomic E-state index is -0.871. The first-order chi connectivity index (χ1) is 15.4. The molecule has 162 valence electrons. The van der Waals surface area contributed by atoms with E-state index >= 15 is 0 Å². The second-order valence-electron chi connectivity index (χ2n) is 7.57. The Hall–Kier alpha value is -4.13. The van der Waals surface area contributed by atoms with E-state index in [0.29, 0.717) is 16.9 Å². The molecule has 2 N–H and O–H groups in total. The molecule has 1 aromatic heterocycles. The predicted molar refractivity (Wildman–Crippen MR) is 118 cm³/mol. The summed E-state index contributed by atoms with van der Waals surface area (Å²) < 4.78 is 5.27. The summed E-state index contributed by atoms with van der Waals surface area (Å²) in [5, 5.41) is 21.2. The van der Waals surface area contributed by atoms with Crippen molar-refractivity contribution in [1.82, 2.24) is 9.88 Å². The molecule has 1 aliphatic rings. The third kappa shape index (κ3) is 3.80. The topological polar surface area (TPSA) is 100.0 Å². The monoisotopic (exact) mass is 430 g/mol. The molecular formula is C25H22N2O5. The third-order valence-corrected chi connectivity index (χ3v) is 5.47. The van der Waals surface area contributed by atoms with Gasteiger partial charge in [0.2, 0.25) is 0 Å². The van der Waals surface area contributed by atoms with Crippen molar-refractivity contribution in [3.8, 4) is 11.5 Å². The Balaban J connectivity index is 1.87. The Bertz CT molecular complexity index is 1220. The number of pyridine rings is 1. The van der Waals surface area contributed by atoms with E-state index < -0.39 is 17.7 Å². The highest BCUT2D eigenvalue weighted by atomic mass is 16.5. The molecule has 32 heavy (non-hydrogen) atoms. The maximum atomic E-state index is 13.1. The minimum absolute atomic E-state index is 0.00485. The molecule has 4 rings (SSSR count). The van der Waals surface area contributed by atoms with Gasteiger partial charge in [0, 0.05) is 24.5 Å². The first-order valence-corrected chi connectivity index (χ1v) is 10.0. The fourth-order valence-corrected chi connectivity index (χ4v) is 3.95. The number of carbonyl (C=O) groups excluding carboxylic acids is 2. The lowest BCUT2D eigenvalue weighted by Crippen LogP contribution is -2.29. The molecule has 2 aromatic carbocycles.